The molecule has 1 saturated heterocycles. The van der Waals surface area contributed by atoms with Crippen molar-refractivity contribution in [3.05, 3.63) is 0 Å². The molecular formula is C12H28N4O3S. The van der Waals surface area contributed by atoms with E-state index in [4.69, 9.17) is 4.74 Å². The van der Waals surface area contributed by atoms with E-state index < -0.39 is 10.2 Å². The van der Waals surface area contributed by atoms with E-state index in [1.54, 1.807) is 7.05 Å². The van der Waals surface area contributed by atoms with Gasteiger partial charge < -0.3 is 15.0 Å². The van der Waals surface area contributed by atoms with Gasteiger partial charge in [0.25, 0.3) is 10.2 Å². The molecule has 8 heteroatoms. The van der Waals surface area contributed by atoms with Crippen molar-refractivity contribution in [1.82, 2.24) is 19.2 Å². The second-order valence-electron chi connectivity index (χ2n) is 5.14. The van der Waals surface area contributed by atoms with Gasteiger partial charge in [0.05, 0.1) is 12.7 Å². The van der Waals surface area contributed by atoms with E-state index in [0.29, 0.717) is 19.7 Å². The molecular weight excluding hydrogens is 280 g/mol. The predicted octanol–water partition coefficient (Wildman–Crippen LogP) is -0.917. The van der Waals surface area contributed by atoms with E-state index in [9.17, 15) is 8.42 Å². The largest absolute Gasteiger partial charge is 0.374 e. The molecule has 20 heavy (non-hydrogen) atoms. The summed E-state index contributed by atoms with van der Waals surface area (Å²) in [6, 6.07) is 0. The number of nitrogens with one attached hydrogen (secondary N) is 2. The quantitative estimate of drug-likeness (QED) is 0.539. The third-order valence-corrected chi connectivity index (χ3v) is 4.86. The van der Waals surface area contributed by atoms with E-state index in [1.807, 2.05) is 14.0 Å². The van der Waals surface area contributed by atoms with Crippen LogP contribution in [0.5, 0.6) is 0 Å². The average Bonchev–Trinajstić information content (AvgIpc) is 2.41. The van der Waals surface area contributed by atoms with Gasteiger partial charge in [-0.25, -0.2) is 0 Å². The van der Waals surface area contributed by atoms with Crippen LogP contribution in [0.15, 0.2) is 0 Å². The lowest BCUT2D eigenvalue weighted by atomic mass is 10.3. The summed E-state index contributed by atoms with van der Waals surface area (Å²) in [7, 11) is 0.203. The van der Waals surface area contributed by atoms with Crippen molar-refractivity contribution < 1.29 is 13.2 Å². The van der Waals surface area contributed by atoms with E-state index in [2.05, 4.69) is 14.9 Å². The van der Waals surface area contributed by atoms with Crippen LogP contribution in [-0.2, 0) is 14.9 Å². The standard InChI is InChI=1S/C12H28N4O3S/c1-4-13-6-5-7-16(3)20(17,18)14-10-12-11-15(2)8-9-19-12/h12-14H,4-11H2,1-3H3. The fourth-order valence-electron chi connectivity index (χ4n) is 2.02. The van der Waals surface area contributed by atoms with E-state index in [1.165, 1.54) is 4.31 Å². The summed E-state index contributed by atoms with van der Waals surface area (Å²) in [5.41, 5.74) is 0. The summed E-state index contributed by atoms with van der Waals surface area (Å²) in [4.78, 5) is 2.14. The van der Waals surface area contributed by atoms with E-state index >= 15 is 0 Å². The number of rotatable bonds is 9. The Labute approximate surface area is 122 Å². The Kier molecular flexibility index (Phi) is 7.93. The molecule has 2 N–H and O–H groups in total. The lowest BCUT2D eigenvalue weighted by Gasteiger charge is -2.30. The van der Waals surface area contributed by atoms with Gasteiger partial charge in [-0.05, 0) is 26.6 Å². The molecule has 0 bridgehead atoms. The van der Waals surface area contributed by atoms with Gasteiger partial charge in [0.2, 0.25) is 0 Å². The first-order valence-corrected chi connectivity index (χ1v) is 8.61. The summed E-state index contributed by atoms with van der Waals surface area (Å²) in [6.45, 7) is 6.90. The Morgan fingerprint density at radius 1 is 1.45 bits per heavy atom. The minimum Gasteiger partial charge on any atom is -0.374 e. The maximum absolute atomic E-state index is 12.0. The highest BCUT2D eigenvalue weighted by molar-refractivity contribution is 7.87. The predicted molar refractivity (Wildman–Crippen MR) is 80.0 cm³/mol. The summed E-state index contributed by atoms with van der Waals surface area (Å²) < 4.78 is 33.6. The van der Waals surface area contributed by atoms with Crippen molar-refractivity contribution in [2.24, 2.45) is 0 Å². The molecule has 0 aromatic heterocycles. The zero-order chi connectivity index (χ0) is 15.0. The minimum absolute atomic E-state index is 0.0707. The SMILES string of the molecule is CCNCCCN(C)S(=O)(=O)NCC1CN(C)CCO1. The number of morpholine rings is 1. The summed E-state index contributed by atoms with van der Waals surface area (Å²) in [6.07, 6.45) is 0.729. The third-order valence-electron chi connectivity index (χ3n) is 3.32. The Hall–Kier alpha value is -0.250. The minimum atomic E-state index is -3.41. The lowest BCUT2D eigenvalue weighted by molar-refractivity contribution is -0.0157. The first kappa shape index (κ1) is 17.8. The maximum atomic E-state index is 12.0. The molecule has 0 amide bonds. The Balaban J connectivity index is 2.28. The molecule has 1 unspecified atom stereocenters. The zero-order valence-electron chi connectivity index (χ0n) is 12.8. The van der Waals surface area contributed by atoms with Crippen molar-refractivity contribution >= 4 is 10.2 Å². The number of ether oxygens (including phenoxy) is 1. The van der Waals surface area contributed by atoms with Crippen molar-refractivity contribution in [2.45, 2.75) is 19.4 Å². The van der Waals surface area contributed by atoms with E-state index in [0.717, 1.165) is 32.6 Å². The third kappa shape index (κ3) is 6.47. The van der Waals surface area contributed by atoms with Gasteiger partial charge in [-0.15, -0.1) is 0 Å². The zero-order valence-corrected chi connectivity index (χ0v) is 13.6. The Morgan fingerprint density at radius 2 is 2.20 bits per heavy atom. The summed E-state index contributed by atoms with van der Waals surface area (Å²) in [5, 5.41) is 3.18. The lowest BCUT2D eigenvalue weighted by Crippen LogP contribution is -2.48. The Morgan fingerprint density at radius 3 is 2.85 bits per heavy atom. The van der Waals surface area contributed by atoms with Gasteiger partial charge >= 0.3 is 0 Å². The molecule has 1 atom stereocenters. The topological polar surface area (TPSA) is 73.9 Å². The average molecular weight is 308 g/mol. The van der Waals surface area contributed by atoms with Gasteiger partial charge in [-0.1, -0.05) is 6.92 Å². The molecule has 0 radical (unpaired) electrons. The van der Waals surface area contributed by atoms with Crippen molar-refractivity contribution in [3.63, 3.8) is 0 Å². The van der Waals surface area contributed by atoms with Crippen LogP contribution in [-0.4, -0.2) is 83.7 Å². The maximum Gasteiger partial charge on any atom is 0.279 e. The van der Waals surface area contributed by atoms with Gasteiger partial charge in [-0.3, -0.25) is 0 Å². The highest BCUT2D eigenvalue weighted by Gasteiger charge is 2.22. The van der Waals surface area contributed by atoms with Crippen LogP contribution >= 0.6 is 0 Å². The smallest absolute Gasteiger partial charge is 0.279 e. The fourth-order valence-corrected chi connectivity index (χ4v) is 3.01. The molecule has 1 aliphatic heterocycles. The van der Waals surface area contributed by atoms with Crippen LogP contribution in [0.1, 0.15) is 13.3 Å². The number of hydrogen-bond donors (Lipinski definition) is 2. The van der Waals surface area contributed by atoms with Crippen LogP contribution < -0.4 is 10.0 Å². The summed E-state index contributed by atoms with van der Waals surface area (Å²) >= 11 is 0. The highest BCUT2D eigenvalue weighted by atomic mass is 32.2. The second kappa shape index (κ2) is 8.91. The van der Waals surface area contributed by atoms with Crippen LogP contribution in [0.3, 0.4) is 0 Å². The molecule has 0 aliphatic carbocycles. The van der Waals surface area contributed by atoms with Crippen molar-refractivity contribution in [1.29, 1.82) is 0 Å². The monoisotopic (exact) mass is 308 g/mol. The van der Waals surface area contributed by atoms with Crippen LogP contribution in [0, 0.1) is 0 Å². The normalized spacial score (nSPS) is 21.5. The molecule has 7 nitrogen and oxygen atoms in total. The molecule has 0 aromatic rings. The van der Waals surface area contributed by atoms with Gasteiger partial charge in [0.1, 0.15) is 0 Å². The molecule has 1 rings (SSSR count). The van der Waals surface area contributed by atoms with Crippen molar-refractivity contribution in [3.8, 4) is 0 Å². The fraction of sp³-hybridized carbons (Fsp3) is 1.00. The molecule has 1 aliphatic rings. The van der Waals surface area contributed by atoms with Crippen LogP contribution in [0.25, 0.3) is 0 Å². The van der Waals surface area contributed by atoms with E-state index in [-0.39, 0.29) is 6.10 Å². The van der Waals surface area contributed by atoms with Crippen LogP contribution in [0.4, 0.5) is 0 Å². The number of nitrogens with zero attached hydrogens (tertiary/aromatic N) is 2. The Bertz CT molecular complexity index is 364. The summed E-state index contributed by atoms with van der Waals surface area (Å²) in [5.74, 6) is 0. The van der Waals surface area contributed by atoms with Gasteiger partial charge in [-0.2, -0.15) is 17.4 Å². The molecule has 120 valence electrons. The molecule has 1 heterocycles. The van der Waals surface area contributed by atoms with Crippen LogP contribution in [0.2, 0.25) is 0 Å². The van der Waals surface area contributed by atoms with Gasteiger partial charge in [0.15, 0.2) is 0 Å². The molecule has 1 fully saturated rings. The van der Waals surface area contributed by atoms with Crippen molar-refractivity contribution in [2.75, 3.05) is 60.0 Å². The molecule has 0 saturated carbocycles. The second-order valence-corrected chi connectivity index (χ2v) is 7.00. The number of likely N-dealkylation sites (N-methyl/N-ethyl adjacent to an activating group) is 1. The first-order valence-electron chi connectivity index (χ1n) is 7.17. The first-order chi connectivity index (χ1) is 9.45. The molecule has 0 spiro atoms. The van der Waals surface area contributed by atoms with Gasteiger partial charge in [0, 0.05) is 33.2 Å². The molecule has 0 aromatic carbocycles. The number of hydrogen-bond acceptors (Lipinski definition) is 5. The highest BCUT2D eigenvalue weighted by Crippen LogP contribution is 2.03.